The van der Waals surface area contributed by atoms with Gasteiger partial charge in [0.15, 0.2) is 5.82 Å². The summed E-state index contributed by atoms with van der Waals surface area (Å²) in [4.78, 5) is 22.1. The smallest absolute Gasteiger partial charge is 0.230 e. The Hall–Kier alpha value is -2.66. The highest BCUT2D eigenvalue weighted by Crippen LogP contribution is 2.31. The summed E-state index contributed by atoms with van der Waals surface area (Å²) in [5.74, 6) is 1.16. The van der Waals surface area contributed by atoms with E-state index in [2.05, 4.69) is 30.4 Å². The van der Waals surface area contributed by atoms with Crippen LogP contribution in [0.2, 0.25) is 0 Å². The Bertz CT molecular complexity index is 1000. The predicted molar refractivity (Wildman–Crippen MR) is 118 cm³/mol. The number of rotatable bonds is 6. The number of aryl methyl sites for hydroxylation is 2. The minimum absolute atomic E-state index is 0.0270. The molecule has 0 aliphatic heterocycles. The molecule has 0 fully saturated rings. The fourth-order valence-electron chi connectivity index (χ4n) is 3.57. The number of nitrogens with one attached hydrogen (secondary N) is 1. The normalized spacial score (nSPS) is 13.0. The summed E-state index contributed by atoms with van der Waals surface area (Å²) >= 11 is 1.53. The van der Waals surface area contributed by atoms with Crippen molar-refractivity contribution >= 4 is 17.7 Å². The Labute approximate surface area is 176 Å². The highest BCUT2D eigenvalue weighted by Gasteiger charge is 2.19. The van der Waals surface area contributed by atoms with E-state index in [1.54, 1.807) is 0 Å². The van der Waals surface area contributed by atoms with Gasteiger partial charge in [-0.3, -0.25) is 4.79 Å². The second-order valence-corrected chi connectivity index (χ2v) is 8.37. The first kappa shape index (κ1) is 19.6. The van der Waals surface area contributed by atoms with Crippen molar-refractivity contribution in [1.29, 1.82) is 0 Å². The van der Waals surface area contributed by atoms with Crippen molar-refractivity contribution in [1.82, 2.24) is 15.3 Å². The van der Waals surface area contributed by atoms with Crippen LogP contribution >= 0.6 is 11.8 Å². The van der Waals surface area contributed by atoms with Gasteiger partial charge < -0.3 is 5.32 Å². The third-order valence-electron chi connectivity index (χ3n) is 5.09. The molecule has 1 aliphatic rings. The largest absolute Gasteiger partial charge is 0.351 e. The van der Waals surface area contributed by atoms with Crippen LogP contribution in [-0.2, 0) is 24.2 Å². The lowest BCUT2D eigenvalue weighted by atomic mass is 9.97. The number of carbonyl (C=O) groups excluding carboxylic acids is 1. The maximum Gasteiger partial charge on any atom is 0.230 e. The zero-order valence-corrected chi connectivity index (χ0v) is 17.5. The van der Waals surface area contributed by atoms with Crippen LogP contribution in [0.15, 0.2) is 59.6 Å². The fourth-order valence-corrected chi connectivity index (χ4v) is 4.49. The number of benzene rings is 2. The Balaban J connectivity index is 1.50. The van der Waals surface area contributed by atoms with Gasteiger partial charge in [-0.2, -0.15) is 0 Å². The van der Waals surface area contributed by atoms with E-state index in [-0.39, 0.29) is 5.91 Å². The second-order valence-electron chi connectivity index (χ2n) is 7.41. The third kappa shape index (κ3) is 5.04. The molecule has 3 aromatic rings. The van der Waals surface area contributed by atoms with E-state index >= 15 is 0 Å². The molecular weight excluding hydrogens is 378 g/mol. The first-order chi connectivity index (χ1) is 14.2. The van der Waals surface area contributed by atoms with Gasteiger partial charge in [-0.25, -0.2) is 9.97 Å². The molecular formula is C24H25N3OS. The number of carbonyl (C=O) groups is 1. The van der Waals surface area contributed by atoms with Crippen LogP contribution in [0.3, 0.4) is 0 Å². The van der Waals surface area contributed by atoms with Crippen molar-refractivity contribution in [3.8, 4) is 11.4 Å². The molecule has 4 rings (SSSR count). The van der Waals surface area contributed by atoms with Crippen molar-refractivity contribution < 1.29 is 4.79 Å². The molecule has 1 aliphatic carbocycles. The maximum atomic E-state index is 12.4. The molecule has 2 aromatic carbocycles. The molecule has 0 atom stereocenters. The van der Waals surface area contributed by atoms with Gasteiger partial charge >= 0.3 is 0 Å². The van der Waals surface area contributed by atoms with Crippen molar-refractivity contribution in [3.05, 3.63) is 77.0 Å². The number of aromatic nitrogens is 2. The Morgan fingerprint density at radius 1 is 1.03 bits per heavy atom. The third-order valence-corrected chi connectivity index (χ3v) is 6.11. The molecule has 0 radical (unpaired) electrons. The molecule has 1 N–H and O–H groups in total. The van der Waals surface area contributed by atoms with E-state index in [4.69, 9.17) is 9.97 Å². The average molecular weight is 404 g/mol. The molecule has 1 amide bonds. The molecule has 1 aromatic heterocycles. The fraction of sp³-hybridized carbons (Fsp3) is 0.292. The predicted octanol–water partition coefficient (Wildman–Crippen LogP) is 4.74. The van der Waals surface area contributed by atoms with Gasteiger partial charge in [0.2, 0.25) is 5.91 Å². The van der Waals surface area contributed by atoms with E-state index in [0.717, 1.165) is 46.9 Å². The van der Waals surface area contributed by atoms with Crippen LogP contribution in [0.1, 0.15) is 35.2 Å². The average Bonchev–Trinajstić information content (AvgIpc) is 2.76. The number of amides is 1. The maximum absolute atomic E-state index is 12.4. The number of thioether (sulfide) groups is 1. The highest BCUT2D eigenvalue weighted by atomic mass is 32.2. The molecule has 0 saturated carbocycles. The highest BCUT2D eigenvalue weighted by molar-refractivity contribution is 7.99. The monoisotopic (exact) mass is 403 g/mol. The summed E-state index contributed by atoms with van der Waals surface area (Å²) in [6, 6.07) is 18.3. The van der Waals surface area contributed by atoms with E-state index in [1.807, 2.05) is 36.4 Å². The summed E-state index contributed by atoms with van der Waals surface area (Å²) in [6.45, 7) is 2.63. The van der Waals surface area contributed by atoms with Crippen LogP contribution in [0.5, 0.6) is 0 Å². The number of hydrogen-bond donors (Lipinski definition) is 1. The van der Waals surface area contributed by atoms with Gasteiger partial charge in [0, 0.05) is 23.4 Å². The minimum Gasteiger partial charge on any atom is -0.351 e. The Kier molecular flexibility index (Phi) is 6.25. The van der Waals surface area contributed by atoms with Gasteiger partial charge in [-0.1, -0.05) is 65.9 Å². The molecule has 4 nitrogen and oxygen atoms in total. The van der Waals surface area contributed by atoms with Crippen molar-refractivity contribution in [2.45, 2.75) is 44.2 Å². The molecule has 0 saturated heterocycles. The Morgan fingerprint density at radius 3 is 2.69 bits per heavy atom. The first-order valence-corrected chi connectivity index (χ1v) is 11.1. The summed E-state index contributed by atoms with van der Waals surface area (Å²) in [5.41, 5.74) is 5.71. The summed E-state index contributed by atoms with van der Waals surface area (Å²) in [7, 11) is 0. The lowest BCUT2D eigenvalue weighted by molar-refractivity contribution is -0.118. The molecule has 0 spiro atoms. The van der Waals surface area contributed by atoms with Gasteiger partial charge in [-0.05, 0) is 44.2 Å². The van der Waals surface area contributed by atoms with Crippen molar-refractivity contribution in [3.63, 3.8) is 0 Å². The SMILES string of the molecule is Cc1cccc(-c2nc3c(c(SCC(=O)NCc4ccccc4)n2)CCCC3)c1. The summed E-state index contributed by atoms with van der Waals surface area (Å²) < 4.78 is 0. The quantitative estimate of drug-likeness (QED) is 0.477. The van der Waals surface area contributed by atoms with Crippen LogP contribution in [-0.4, -0.2) is 21.6 Å². The topological polar surface area (TPSA) is 54.9 Å². The van der Waals surface area contributed by atoms with Crippen LogP contribution in [0.4, 0.5) is 0 Å². The summed E-state index contributed by atoms with van der Waals surface area (Å²) in [5, 5.41) is 3.96. The lowest BCUT2D eigenvalue weighted by Crippen LogP contribution is -2.24. The number of fused-ring (bicyclic) bond motifs is 1. The standard InChI is InChI=1S/C24H25N3OS/c1-17-8-7-11-19(14-17)23-26-21-13-6-5-12-20(21)24(27-23)29-16-22(28)25-15-18-9-3-2-4-10-18/h2-4,7-11,14H,5-6,12-13,15-16H2,1H3,(H,25,28). The lowest BCUT2D eigenvalue weighted by Gasteiger charge is -2.19. The van der Waals surface area contributed by atoms with Crippen LogP contribution in [0.25, 0.3) is 11.4 Å². The van der Waals surface area contributed by atoms with Gasteiger partial charge in [-0.15, -0.1) is 0 Å². The second kappa shape index (κ2) is 9.23. The van der Waals surface area contributed by atoms with Crippen LogP contribution < -0.4 is 5.32 Å². The molecule has 148 valence electrons. The van der Waals surface area contributed by atoms with Crippen molar-refractivity contribution in [2.75, 3.05) is 5.75 Å². The molecule has 0 unspecified atom stereocenters. The number of hydrogen-bond acceptors (Lipinski definition) is 4. The molecule has 5 heteroatoms. The van der Waals surface area contributed by atoms with E-state index in [0.29, 0.717) is 12.3 Å². The zero-order valence-electron chi connectivity index (χ0n) is 16.6. The van der Waals surface area contributed by atoms with Gasteiger partial charge in [0.1, 0.15) is 5.03 Å². The first-order valence-electron chi connectivity index (χ1n) is 10.1. The molecule has 1 heterocycles. The molecule has 0 bridgehead atoms. The van der Waals surface area contributed by atoms with E-state index in [1.165, 1.54) is 29.3 Å². The molecule has 29 heavy (non-hydrogen) atoms. The minimum atomic E-state index is 0.0270. The Morgan fingerprint density at radius 2 is 1.86 bits per heavy atom. The van der Waals surface area contributed by atoms with E-state index in [9.17, 15) is 4.79 Å². The van der Waals surface area contributed by atoms with Crippen molar-refractivity contribution in [2.24, 2.45) is 0 Å². The van der Waals surface area contributed by atoms with Gasteiger partial charge in [0.25, 0.3) is 0 Å². The van der Waals surface area contributed by atoms with Gasteiger partial charge in [0.05, 0.1) is 5.75 Å². The van der Waals surface area contributed by atoms with Crippen LogP contribution in [0, 0.1) is 6.92 Å². The van der Waals surface area contributed by atoms with E-state index < -0.39 is 0 Å². The number of nitrogens with zero attached hydrogens (tertiary/aromatic N) is 2. The summed E-state index contributed by atoms with van der Waals surface area (Å²) in [6.07, 6.45) is 4.31. The zero-order chi connectivity index (χ0) is 20.1.